The van der Waals surface area contributed by atoms with Crippen molar-refractivity contribution in [2.45, 2.75) is 38.8 Å². The average Bonchev–Trinajstić information content (AvgIpc) is 1.84. The highest BCUT2D eigenvalue weighted by Gasteiger charge is 2.27. The van der Waals surface area contributed by atoms with E-state index in [4.69, 9.17) is 5.26 Å². The van der Waals surface area contributed by atoms with Gasteiger partial charge in [0.25, 0.3) is 0 Å². The SMILES string of the molecule is CN(CC(C)(C)O)C(C)(C)C#N. The van der Waals surface area contributed by atoms with E-state index < -0.39 is 11.1 Å². The fourth-order valence-corrected chi connectivity index (χ4v) is 0.863. The highest BCUT2D eigenvalue weighted by molar-refractivity contribution is 5.01. The number of nitriles is 1. The normalized spacial score (nSPS) is 13.2. The molecule has 0 atom stereocenters. The van der Waals surface area contributed by atoms with Crippen molar-refractivity contribution in [1.29, 1.82) is 5.26 Å². The van der Waals surface area contributed by atoms with E-state index in [1.165, 1.54) is 0 Å². The Labute approximate surface area is 74.6 Å². The first-order valence-corrected chi connectivity index (χ1v) is 4.04. The van der Waals surface area contributed by atoms with Crippen LogP contribution in [-0.2, 0) is 0 Å². The molecule has 0 rings (SSSR count). The van der Waals surface area contributed by atoms with Gasteiger partial charge >= 0.3 is 0 Å². The van der Waals surface area contributed by atoms with Gasteiger partial charge in [0.15, 0.2) is 0 Å². The molecule has 0 aromatic heterocycles. The minimum absolute atomic E-state index is 0.494. The van der Waals surface area contributed by atoms with Crippen molar-refractivity contribution in [2.24, 2.45) is 0 Å². The maximum absolute atomic E-state index is 9.50. The van der Waals surface area contributed by atoms with Gasteiger partial charge in [0.05, 0.1) is 11.7 Å². The number of nitrogens with zero attached hydrogens (tertiary/aromatic N) is 2. The van der Waals surface area contributed by atoms with E-state index in [1.807, 2.05) is 25.8 Å². The number of rotatable bonds is 3. The second-order valence-corrected chi connectivity index (χ2v) is 4.34. The molecular weight excluding hydrogens is 152 g/mol. The van der Waals surface area contributed by atoms with Gasteiger partial charge in [-0.25, -0.2) is 0 Å². The highest BCUT2D eigenvalue weighted by Crippen LogP contribution is 2.14. The molecule has 3 heteroatoms. The fourth-order valence-electron chi connectivity index (χ4n) is 0.863. The molecule has 0 aliphatic carbocycles. The van der Waals surface area contributed by atoms with Gasteiger partial charge in [0.2, 0.25) is 0 Å². The van der Waals surface area contributed by atoms with Crippen LogP contribution in [-0.4, -0.2) is 34.7 Å². The molecule has 0 spiro atoms. The molecule has 0 amide bonds. The molecule has 0 aromatic rings. The molecular formula is C9H18N2O. The van der Waals surface area contributed by atoms with E-state index in [0.29, 0.717) is 6.54 Å². The summed E-state index contributed by atoms with van der Waals surface area (Å²) in [5.41, 5.74) is -1.26. The number of aliphatic hydroxyl groups is 1. The van der Waals surface area contributed by atoms with Crippen LogP contribution >= 0.6 is 0 Å². The summed E-state index contributed by atoms with van der Waals surface area (Å²) in [4.78, 5) is 1.84. The van der Waals surface area contributed by atoms with Crippen molar-refractivity contribution < 1.29 is 5.11 Å². The first kappa shape index (κ1) is 11.4. The minimum Gasteiger partial charge on any atom is -0.389 e. The second kappa shape index (κ2) is 3.42. The Hall–Kier alpha value is -0.590. The van der Waals surface area contributed by atoms with Crippen molar-refractivity contribution in [2.75, 3.05) is 13.6 Å². The van der Waals surface area contributed by atoms with Gasteiger partial charge < -0.3 is 5.11 Å². The first-order chi connectivity index (χ1) is 5.19. The number of hydrogen-bond donors (Lipinski definition) is 1. The van der Waals surface area contributed by atoms with E-state index in [-0.39, 0.29) is 0 Å². The molecule has 0 bridgehead atoms. The van der Waals surface area contributed by atoms with Crippen molar-refractivity contribution in [3.8, 4) is 6.07 Å². The van der Waals surface area contributed by atoms with Gasteiger partial charge in [-0.1, -0.05) is 0 Å². The van der Waals surface area contributed by atoms with Gasteiger partial charge in [-0.15, -0.1) is 0 Å². The third-order valence-corrected chi connectivity index (χ3v) is 1.85. The average molecular weight is 170 g/mol. The van der Waals surface area contributed by atoms with Crippen LogP contribution in [0.2, 0.25) is 0 Å². The minimum atomic E-state index is -0.747. The highest BCUT2D eigenvalue weighted by atomic mass is 16.3. The maximum atomic E-state index is 9.50. The largest absolute Gasteiger partial charge is 0.389 e. The van der Waals surface area contributed by atoms with Gasteiger partial charge in [0.1, 0.15) is 5.54 Å². The summed E-state index contributed by atoms with van der Waals surface area (Å²) in [5, 5.41) is 18.3. The lowest BCUT2D eigenvalue weighted by Gasteiger charge is -2.33. The number of likely N-dealkylation sites (N-methyl/N-ethyl adjacent to an activating group) is 1. The smallest absolute Gasteiger partial charge is 0.103 e. The fraction of sp³-hybridized carbons (Fsp3) is 0.889. The summed E-state index contributed by atoms with van der Waals surface area (Å²) >= 11 is 0. The summed E-state index contributed by atoms with van der Waals surface area (Å²) < 4.78 is 0. The lowest BCUT2D eigenvalue weighted by molar-refractivity contribution is 0.0244. The Morgan fingerprint density at radius 3 is 2.00 bits per heavy atom. The molecule has 0 radical (unpaired) electrons. The van der Waals surface area contributed by atoms with Crippen LogP contribution < -0.4 is 0 Å². The van der Waals surface area contributed by atoms with E-state index >= 15 is 0 Å². The molecule has 0 fully saturated rings. The molecule has 0 saturated carbocycles. The van der Waals surface area contributed by atoms with Crippen LogP contribution in [0.5, 0.6) is 0 Å². The summed E-state index contributed by atoms with van der Waals surface area (Å²) in [6, 6.07) is 2.18. The monoisotopic (exact) mass is 170 g/mol. The van der Waals surface area contributed by atoms with Gasteiger partial charge in [-0.05, 0) is 34.7 Å². The van der Waals surface area contributed by atoms with Crippen molar-refractivity contribution >= 4 is 0 Å². The van der Waals surface area contributed by atoms with E-state index in [0.717, 1.165) is 0 Å². The molecule has 12 heavy (non-hydrogen) atoms. The predicted octanol–water partition coefficient (Wildman–Crippen LogP) is 0.991. The topological polar surface area (TPSA) is 47.3 Å². The Balaban J connectivity index is 4.25. The number of β-amino-alcohol motifs (C(OH)–C–C–N with tert-alkyl or cyclic N) is 1. The quantitative estimate of drug-likeness (QED) is 0.687. The van der Waals surface area contributed by atoms with Gasteiger partial charge in [-0.2, -0.15) is 5.26 Å². The number of hydrogen-bond acceptors (Lipinski definition) is 3. The molecule has 0 heterocycles. The van der Waals surface area contributed by atoms with E-state index in [1.54, 1.807) is 13.8 Å². The van der Waals surface area contributed by atoms with Crippen LogP contribution in [0.4, 0.5) is 0 Å². The summed E-state index contributed by atoms with van der Waals surface area (Å²) in [7, 11) is 1.83. The van der Waals surface area contributed by atoms with E-state index in [2.05, 4.69) is 6.07 Å². The van der Waals surface area contributed by atoms with E-state index in [9.17, 15) is 5.11 Å². The second-order valence-electron chi connectivity index (χ2n) is 4.34. The van der Waals surface area contributed by atoms with Crippen LogP contribution in [0.1, 0.15) is 27.7 Å². The molecule has 3 nitrogen and oxygen atoms in total. The molecule has 0 aliphatic heterocycles. The van der Waals surface area contributed by atoms with Crippen molar-refractivity contribution in [3.63, 3.8) is 0 Å². The Kier molecular flexibility index (Phi) is 3.25. The van der Waals surface area contributed by atoms with Crippen molar-refractivity contribution in [1.82, 2.24) is 4.90 Å². The Morgan fingerprint density at radius 2 is 1.75 bits per heavy atom. The lowest BCUT2D eigenvalue weighted by atomic mass is 10.0. The molecule has 0 aliphatic rings. The molecule has 1 N–H and O–H groups in total. The summed E-state index contributed by atoms with van der Waals surface area (Å²) in [6.07, 6.45) is 0. The molecule has 0 unspecified atom stereocenters. The molecule has 70 valence electrons. The van der Waals surface area contributed by atoms with Gasteiger partial charge in [-0.3, -0.25) is 4.90 Å². The lowest BCUT2D eigenvalue weighted by Crippen LogP contribution is -2.47. The van der Waals surface area contributed by atoms with Crippen LogP contribution in [0, 0.1) is 11.3 Å². The molecule has 0 aromatic carbocycles. The Morgan fingerprint density at radius 1 is 1.33 bits per heavy atom. The molecule has 0 saturated heterocycles. The third-order valence-electron chi connectivity index (χ3n) is 1.85. The van der Waals surface area contributed by atoms with Gasteiger partial charge in [0, 0.05) is 6.54 Å². The van der Waals surface area contributed by atoms with Crippen LogP contribution in [0.25, 0.3) is 0 Å². The summed E-state index contributed by atoms with van der Waals surface area (Å²) in [5.74, 6) is 0. The third kappa shape index (κ3) is 3.70. The zero-order valence-electron chi connectivity index (χ0n) is 8.55. The zero-order valence-corrected chi connectivity index (χ0v) is 8.55. The maximum Gasteiger partial charge on any atom is 0.103 e. The Bertz CT molecular complexity index is 186. The van der Waals surface area contributed by atoms with Crippen LogP contribution in [0.3, 0.4) is 0 Å². The standard InChI is InChI=1S/C9H18N2O/c1-8(2,6-10)11(5)7-9(3,4)12/h12H,7H2,1-5H3. The summed E-state index contributed by atoms with van der Waals surface area (Å²) in [6.45, 7) is 7.62. The zero-order chi connectivity index (χ0) is 9.99. The van der Waals surface area contributed by atoms with Crippen LogP contribution in [0.15, 0.2) is 0 Å². The first-order valence-electron chi connectivity index (χ1n) is 4.04. The predicted molar refractivity (Wildman–Crippen MR) is 48.6 cm³/mol. The van der Waals surface area contributed by atoms with Crippen molar-refractivity contribution in [3.05, 3.63) is 0 Å².